The van der Waals surface area contributed by atoms with Crippen molar-refractivity contribution in [2.75, 3.05) is 0 Å². The van der Waals surface area contributed by atoms with Crippen molar-refractivity contribution in [2.24, 2.45) is 5.73 Å². The first-order chi connectivity index (χ1) is 8.72. The third-order valence-electron chi connectivity index (χ3n) is 2.35. The van der Waals surface area contributed by atoms with Crippen LogP contribution < -0.4 is 5.73 Å². The normalized spacial score (nSPS) is 14.5. The second-order valence-electron chi connectivity index (χ2n) is 5.16. The second kappa shape index (κ2) is 5.79. The fourth-order valence-corrected chi connectivity index (χ4v) is 1.56. The molecule has 1 rings (SSSR count). The van der Waals surface area contributed by atoms with E-state index in [4.69, 9.17) is 15.6 Å². The smallest absolute Gasteiger partial charge is 0.321 e. The molecular weight excluding hydrogens is 248 g/mol. The molecule has 3 N–H and O–H groups in total. The number of nitrogens with zero attached hydrogens (tertiary/aromatic N) is 1. The lowest BCUT2D eigenvalue weighted by molar-refractivity contribution is -0.160. The van der Waals surface area contributed by atoms with E-state index in [1.54, 1.807) is 32.9 Å². The Kier molecular flexibility index (Phi) is 4.61. The van der Waals surface area contributed by atoms with E-state index >= 15 is 0 Å². The van der Waals surface area contributed by atoms with Gasteiger partial charge in [0.2, 0.25) is 0 Å². The summed E-state index contributed by atoms with van der Waals surface area (Å²) in [6.07, 6.45) is 2.94. The van der Waals surface area contributed by atoms with Crippen LogP contribution in [0.1, 0.15) is 32.3 Å². The predicted molar refractivity (Wildman–Crippen MR) is 68.4 cm³/mol. The summed E-state index contributed by atoms with van der Waals surface area (Å²) in [4.78, 5) is 27.0. The Labute approximate surface area is 111 Å². The third kappa shape index (κ3) is 4.33. The van der Waals surface area contributed by atoms with Crippen molar-refractivity contribution < 1.29 is 19.4 Å². The molecule has 19 heavy (non-hydrogen) atoms. The number of ether oxygens (including phenoxy) is 1. The van der Waals surface area contributed by atoms with E-state index in [1.165, 1.54) is 12.4 Å². The average Bonchev–Trinajstić information content (AvgIpc) is 2.28. The molecule has 0 bridgehead atoms. The van der Waals surface area contributed by atoms with Crippen molar-refractivity contribution in [3.63, 3.8) is 0 Å². The highest BCUT2D eigenvalue weighted by atomic mass is 16.6. The number of carboxylic acid groups (broad SMARTS) is 1. The number of aliphatic carboxylic acids is 1. The molecule has 2 unspecified atom stereocenters. The summed E-state index contributed by atoms with van der Waals surface area (Å²) >= 11 is 0. The molecule has 0 radical (unpaired) electrons. The van der Waals surface area contributed by atoms with E-state index in [-0.39, 0.29) is 0 Å². The molecular formula is C13H18N2O4. The predicted octanol–water partition coefficient (Wildman–Crippen LogP) is 0.919. The number of nitrogens with two attached hydrogens (primary N) is 1. The van der Waals surface area contributed by atoms with Gasteiger partial charge < -0.3 is 15.6 Å². The fraction of sp³-hybridized carbons (Fsp3) is 0.462. The van der Waals surface area contributed by atoms with Gasteiger partial charge in [-0.2, -0.15) is 0 Å². The summed E-state index contributed by atoms with van der Waals surface area (Å²) in [6.45, 7) is 5.12. The number of pyridine rings is 1. The molecule has 2 atom stereocenters. The molecule has 0 aromatic carbocycles. The lowest BCUT2D eigenvalue weighted by Crippen LogP contribution is -2.42. The zero-order valence-electron chi connectivity index (χ0n) is 11.2. The number of hydrogen-bond acceptors (Lipinski definition) is 5. The Balaban J connectivity index is 3.07. The minimum atomic E-state index is -1.38. The van der Waals surface area contributed by atoms with Crippen molar-refractivity contribution >= 4 is 11.9 Å². The second-order valence-corrected chi connectivity index (χ2v) is 5.16. The zero-order chi connectivity index (χ0) is 14.6. The van der Waals surface area contributed by atoms with Gasteiger partial charge in [-0.05, 0) is 32.4 Å². The van der Waals surface area contributed by atoms with Gasteiger partial charge in [0.1, 0.15) is 17.6 Å². The molecule has 0 spiro atoms. The molecule has 1 aromatic rings. The molecule has 6 heteroatoms. The number of carbonyl (C=O) groups excluding carboxylic acids is 1. The Morgan fingerprint density at radius 3 is 2.47 bits per heavy atom. The van der Waals surface area contributed by atoms with Crippen LogP contribution in [0.5, 0.6) is 0 Å². The van der Waals surface area contributed by atoms with Gasteiger partial charge in [-0.15, -0.1) is 0 Å². The van der Waals surface area contributed by atoms with Gasteiger partial charge in [-0.1, -0.05) is 6.07 Å². The van der Waals surface area contributed by atoms with E-state index < -0.39 is 29.5 Å². The van der Waals surface area contributed by atoms with Crippen LogP contribution in [0.4, 0.5) is 0 Å². The highest BCUT2D eigenvalue weighted by molar-refractivity contribution is 5.87. The van der Waals surface area contributed by atoms with E-state index in [2.05, 4.69) is 4.98 Å². The monoisotopic (exact) mass is 266 g/mol. The number of aromatic nitrogens is 1. The first-order valence-electron chi connectivity index (χ1n) is 5.83. The van der Waals surface area contributed by atoms with Crippen molar-refractivity contribution in [1.29, 1.82) is 0 Å². The SMILES string of the molecule is CC(C)(C)OC(=O)C(c1cccnc1)C(N)C(=O)O. The van der Waals surface area contributed by atoms with Crippen molar-refractivity contribution in [3.05, 3.63) is 30.1 Å². The third-order valence-corrected chi connectivity index (χ3v) is 2.35. The maximum atomic E-state index is 12.1. The Morgan fingerprint density at radius 2 is 2.05 bits per heavy atom. The highest BCUT2D eigenvalue weighted by Gasteiger charge is 2.35. The van der Waals surface area contributed by atoms with Gasteiger partial charge in [0.05, 0.1) is 0 Å². The standard InChI is InChI=1S/C13H18N2O4/c1-13(2,3)19-12(18)9(10(14)11(16)17)8-5-4-6-15-7-8/h4-7,9-10H,14H2,1-3H3,(H,16,17). The van der Waals surface area contributed by atoms with Crippen LogP contribution in [-0.4, -0.2) is 33.7 Å². The lowest BCUT2D eigenvalue weighted by Gasteiger charge is -2.25. The van der Waals surface area contributed by atoms with Crippen LogP contribution in [0.15, 0.2) is 24.5 Å². The topological polar surface area (TPSA) is 103 Å². The van der Waals surface area contributed by atoms with Crippen molar-refractivity contribution in [3.8, 4) is 0 Å². The number of esters is 1. The zero-order valence-corrected chi connectivity index (χ0v) is 11.2. The summed E-state index contributed by atoms with van der Waals surface area (Å²) in [5.41, 5.74) is 5.29. The van der Waals surface area contributed by atoms with E-state index in [9.17, 15) is 9.59 Å². The van der Waals surface area contributed by atoms with Crippen molar-refractivity contribution in [1.82, 2.24) is 4.98 Å². The van der Waals surface area contributed by atoms with Crippen molar-refractivity contribution in [2.45, 2.75) is 38.3 Å². The largest absolute Gasteiger partial charge is 0.480 e. The van der Waals surface area contributed by atoms with E-state index in [1.807, 2.05) is 0 Å². The molecule has 0 saturated heterocycles. The minimum absolute atomic E-state index is 0.423. The first-order valence-corrected chi connectivity index (χ1v) is 5.83. The van der Waals surface area contributed by atoms with E-state index in [0.717, 1.165) is 0 Å². The maximum Gasteiger partial charge on any atom is 0.321 e. The molecule has 0 aliphatic carbocycles. The number of rotatable bonds is 4. The van der Waals surface area contributed by atoms with Gasteiger partial charge in [0.15, 0.2) is 0 Å². The molecule has 0 saturated carbocycles. The van der Waals surface area contributed by atoms with Crippen LogP contribution in [0.3, 0.4) is 0 Å². The molecule has 0 aliphatic rings. The Morgan fingerprint density at radius 1 is 1.42 bits per heavy atom. The highest BCUT2D eigenvalue weighted by Crippen LogP contribution is 2.23. The fourth-order valence-electron chi connectivity index (χ4n) is 1.56. The van der Waals surface area contributed by atoms with Crippen LogP contribution in [0.2, 0.25) is 0 Å². The van der Waals surface area contributed by atoms with Gasteiger partial charge in [0.25, 0.3) is 0 Å². The molecule has 0 amide bonds. The number of carbonyl (C=O) groups is 2. The van der Waals surface area contributed by atoms with Gasteiger partial charge in [0, 0.05) is 12.4 Å². The Hall–Kier alpha value is -1.95. The summed E-state index contributed by atoms with van der Waals surface area (Å²) < 4.78 is 5.22. The first kappa shape index (κ1) is 15.1. The van der Waals surface area contributed by atoms with Gasteiger partial charge in [-0.3, -0.25) is 14.6 Å². The van der Waals surface area contributed by atoms with Crippen LogP contribution in [0, 0.1) is 0 Å². The number of hydrogen-bond donors (Lipinski definition) is 2. The lowest BCUT2D eigenvalue weighted by atomic mass is 9.93. The molecule has 0 aliphatic heterocycles. The van der Waals surface area contributed by atoms with Gasteiger partial charge in [-0.25, -0.2) is 0 Å². The molecule has 6 nitrogen and oxygen atoms in total. The summed E-state index contributed by atoms with van der Waals surface area (Å²) in [7, 11) is 0. The summed E-state index contributed by atoms with van der Waals surface area (Å²) in [5, 5.41) is 9.01. The van der Waals surface area contributed by atoms with E-state index in [0.29, 0.717) is 5.56 Å². The molecule has 0 fully saturated rings. The Bertz CT molecular complexity index is 453. The molecule has 1 aromatic heterocycles. The minimum Gasteiger partial charge on any atom is -0.480 e. The van der Waals surface area contributed by atoms with Crippen LogP contribution in [-0.2, 0) is 14.3 Å². The molecule has 104 valence electrons. The summed E-state index contributed by atoms with van der Waals surface area (Å²) in [5.74, 6) is -3.01. The van der Waals surface area contributed by atoms with Crippen LogP contribution in [0.25, 0.3) is 0 Å². The average molecular weight is 266 g/mol. The number of carboxylic acids is 1. The summed E-state index contributed by atoms with van der Waals surface area (Å²) in [6, 6.07) is 1.84. The quantitative estimate of drug-likeness (QED) is 0.785. The maximum absolute atomic E-state index is 12.1. The van der Waals surface area contributed by atoms with Crippen LogP contribution >= 0.6 is 0 Å². The molecule has 1 heterocycles. The van der Waals surface area contributed by atoms with Gasteiger partial charge >= 0.3 is 11.9 Å².